The Morgan fingerprint density at radius 3 is 2.71 bits per heavy atom. The number of hydrogen-bond donors (Lipinski definition) is 1. The van der Waals surface area contributed by atoms with Gasteiger partial charge in [0.1, 0.15) is 18.6 Å². The number of hydrogen-bond acceptors (Lipinski definition) is 5. The molecular formula is C16H17F3N4O. The molecule has 0 amide bonds. The number of aromatic nitrogens is 2. The van der Waals surface area contributed by atoms with Crippen LogP contribution in [-0.2, 0) is 4.74 Å². The molecule has 0 bridgehead atoms. The first kappa shape index (κ1) is 16.5. The Kier molecular flexibility index (Phi) is 4.57. The quantitative estimate of drug-likeness (QED) is 0.926. The Bertz CT molecular complexity index is 681. The predicted molar refractivity (Wildman–Crippen MR) is 83.7 cm³/mol. The van der Waals surface area contributed by atoms with Crippen molar-refractivity contribution < 1.29 is 17.9 Å². The summed E-state index contributed by atoms with van der Waals surface area (Å²) in [5, 5.41) is 2.29. The first-order chi connectivity index (χ1) is 11.4. The Hall–Kier alpha value is -2.35. The highest BCUT2D eigenvalue weighted by molar-refractivity contribution is 5.46. The summed E-state index contributed by atoms with van der Waals surface area (Å²) >= 11 is 0. The van der Waals surface area contributed by atoms with Crippen LogP contribution in [0.25, 0.3) is 0 Å². The SMILES string of the molecule is CC(Nc1nccc(N2COC[C@@H]2c2ccccc2)n1)C(F)(F)F. The molecule has 1 N–H and O–H groups in total. The van der Waals surface area contributed by atoms with E-state index in [2.05, 4.69) is 15.3 Å². The number of ether oxygens (including phenoxy) is 1. The zero-order chi connectivity index (χ0) is 17.2. The van der Waals surface area contributed by atoms with Gasteiger partial charge in [0, 0.05) is 6.20 Å². The second kappa shape index (κ2) is 6.64. The maximum absolute atomic E-state index is 12.7. The molecule has 0 radical (unpaired) electrons. The van der Waals surface area contributed by atoms with Crippen molar-refractivity contribution in [2.24, 2.45) is 0 Å². The van der Waals surface area contributed by atoms with Gasteiger partial charge in [-0.1, -0.05) is 30.3 Å². The van der Waals surface area contributed by atoms with Crippen molar-refractivity contribution in [2.75, 3.05) is 23.6 Å². The van der Waals surface area contributed by atoms with Crippen molar-refractivity contribution in [3.63, 3.8) is 0 Å². The van der Waals surface area contributed by atoms with Crippen molar-refractivity contribution in [3.8, 4) is 0 Å². The summed E-state index contributed by atoms with van der Waals surface area (Å²) in [4.78, 5) is 9.98. The molecule has 1 saturated heterocycles. The molecular weight excluding hydrogens is 321 g/mol. The van der Waals surface area contributed by atoms with Crippen LogP contribution in [0.3, 0.4) is 0 Å². The molecule has 2 atom stereocenters. The third-order valence-electron chi connectivity index (χ3n) is 3.84. The van der Waals surface area contributed by atoms with Crippen molar-refractivity contribution in [1.29, 1.82) is 0 Å². The normalized spacial score (nSPS) is 19.3. The van der Waals surface area contributed by atoms with Gasteiger partial charge < -0.3 is 15.0 Å². The lowest BCUT2D eigenvalue weighted by Gasteiger charge is -2.24. The molecule has 128 valence electrons. The van der Waals surface area contributed by atoms with Gasteiger partial charge in [-0.25, -0.2) is 4.98 Å². The van der Waals surface area contributed by atoms with Crippen LogP contribution < -0.4 is 10.2 Å². The molecule has 1 aliphatic rings. The number of benzene rings is 1. The fraction of sp³-hybridized carbons (Fsp3) is 0.375. The van der Waals surface area contributed by atoms with Crippen LogP contribution >= 0.6 is 0 Å². The average Bonchev–Trinajstić information content (AvgIpc) is 3.05. The molecule has 0 spiro atoms. The fourth-order valence-corrected chi connectivity index (χ4v) is 2.47. The second-order valence-corrected chi connectivity index (χ2v) is 5.54. The molecule has 2 aromatic rings. The van der Waals surface area contributed by atoms with Crippen LogP contribution in [0, 0.1) is 0 Å². The number of alkyl halides is 3. The first-order valence-corrected chi connectivity index (χ1v) is 7.51. The van der Waals surface area contributed by atoms with Crippen molar-refractivity contribution >= 4 is 11.8 Å². The summed E-state index contributed by atoms with van der Waals surface area (Å²) in [5.41, 5.74) is 1.06. The largest absolute Gasteiger partial charge is 0.408 e. The molecule has 24 heavy (non-hydrogen) atoms. The van der Waals surface area contributed by atoms with Gasteiger partial charge in [-0.3, -0.25) is 0 Å². The fourth-order valence-electron chi connectivity index (χ4n) is 2.47. The smallest absolute Gasteiger partial charge is 0.359 e. The van der Waals surface area contributed by atoms with Crippen LogP contribution in [0.2, 0.25) is 0 Å². The third kappa shape index (κ3) is 3.59. The highest BCUT2D eigenvalue weighted by Crippen LogP contribution is 2.31. The van der Waals surface area contributed by atoms with E-state index in [0.29, 0.717) is 19.2 Å². The van der Waals surface area contributed by atoms with Crippen LogP contribution in [-0.4, -0.2) is 35.5 Å². The average molecular weight is 338 g/mol. The summed E-state index contributed by atoms with van der Waals surface area (Å²) in [6.45, 7) is 1.85. The Morgan fingerprint density at radius 1 is 1.25 bits per heavy atom. The van der Waals surface area contributed by atoms with Crippen LogP contribution in [0.5, 0.6) is 0 Å². The second-order valence-electron chi connectivity index (χ2n) is 5.54. The minimum atomic E-state index is -4.36. The van der Waals surface area contributed by atoms with E-state index in [1.54, 1.807) is 6.07 Å². The monoisotopic (exact) mass is 338 g/mol. The minimum Gasteiger partial charge on any atom is -0.359 e. The van der Waals surface area contributed by atoms with Crippen molar-refractivity contribution in [1.82, 2.24) is 9.97 Å². The van der Waals surface area contributed by atoms with Crippen molar-refractivity contribution in [3.05, 3.63) is 48.2 Å². The van der Waals surface area contributed by atoms with Crippen molar-refractivity contribution in [2.45, 2.75) is 25.2 Å². The van der Waals surface area contributed by atoms with Gasteiger partial charge in [-0.05, 0) is 18.6 Å². The Labute approximate surface area is 137 Å². The van der Waals surface area contributed by atoms with Gasteiger partial charge in [0.05, 0.1) is 12.6 Å². The lowest BCUT2D eigenvalue weighted by atomic mass is 10.1. The van der Waals surface area contributed by atoms with E-state index in [0.717, 1.165) is 12.5 Å². The Morgan fingerprint density at radius 2 is 2.00 bits per heavy atom. The Balaban J connectivity index is 1.80. The number of nitrogens with one attached hydrogen (secondary N) is 1. The zero-order valence-electron chi connectivity index (χ0n) is 13.0. The summed E-state index contributed by atoms with van der Waals surface area (Å²) < 4.78 is 43.5. The lowest BCUT2D eigenvalue weighted by molar-refractivity contribution is -0.138. The number of nitrogens with zero attached hydrogens (tertiary/aromatic N) is 3. The van der Waals surface area contributed by atoms with Gasteiger partial charge in [0.15, 0.2) is 0 Å². The standard InChI is InChI=1S/C16H17F3N4O/c1-11(16(17,18)19)21-15-20-8-7-14(22-15)23-10-24-9-13(23)12-5-3-2-4-6-12/h2-8,11,13H,9-10H2,1H3,(H,20,21,22)/t11?,13-/m1/s1. The molecule has 1 fully saturated rings. The van der Waals surface area contributed by atoms with E-state index in [9.17, 15) is 13.2 Å². The highest BCUT2D eigenvalue weighted by Gasteiger charge is 2.36. The molecule has 2 heterocycles. The lowest BCUT2D eigenvalue weighted by Crippen LogP contribution is -2.34. The molecule has 0 saturated carbocycles. The first-order valence-electron chi connectivity index (χ1n) is 7.51. The minimum absolute atomic E-state index is 0.0333. The van der Waals surface area contributed by atoms with Gasteiger partial charge in [-0.15, -0.1) is 0 Å². The molecule has 8 heteroatoms. The van der Waals surface area contributed by atoms with E-state index in [1.807, 2.05) is 35.2 Å². The number of anilines is 2. The maximum Gasteiger partial charge on any atom is 0.408 e. The topological polar surface area (TPSA) is 50.3 Å². The van der Waals surface area contributed by atoms with Crippen LogP contribution in [0.1, 0.15) is 18.5 Å². The molecule has 0 aliphatic carbocycles. The zero-order valence-corrected chi connectivity index (χ0v) is 13.0. The highest BCUT2D eigenvalue weighted by atomic mass is 19.4. The van der Waals surface area contributed by atoms with Crippen LogP contribution in [0.4, 0.5) is 24.9 Å². The predicted octanol–water partition coefficient (Wildman–Crippen LogP) is 3.37. The van der Waals surface area contributed by atoms with E-state index in [4.69, 9.17) is 4.74 Å². The number of rotatable bonds is 4. The molecule has 1 aliphatic heterocycles. The summed E-state index contributed by atoms with van der Waals surface area (Å²) in [5.74, 6) is 0.462. The van der Waals surface area contributed by atoms with Gasteiger partial charge in [-0.2, -0.15) is 18.2 Å². The van der Waals surface area contributed by atoms with E-state index >= 15 is 0 Å². The maximum atomic E-state index is 12.7. The van der Waals surface area contributed by atoms with Gasteiger partial charge >= 0.3 is 6.18 Å². The molecule has 5 nitrogen and oxygen atoms in total. The summed E-state index contributed by atoms with van der Waals surface area (Å²) in [7, 11) is 0. The molecule has 1 aromatic heterocycles. The molecule has 1 unspecified atom stereocenters. The molecule has 1 aromatic carbocycles. The van der Waals surface area contributed by atoms with E-state index in [-0.39, 0.29) is 12.0 Å². The number of halogens is 3. The van der Waals surface area contributed by atoms with Crippen LogP contribution in [0.15, 0.2) is 42.6 Å². The van der Waals surface area contributed by atoms with E-state index < -0.39 is 12.2 Å². The summed E-state index contributed by atoms with van der Waals surface area (Å²) in [6, 6.07) is 9.66. The van der Waals surface area contributed by atoms with Gasteiger partial charge in [0.25, 0.3) is 0 Å². The summed E-state index contributed by atoms with van der Waals surface area (Å²) in [6.07, 6.45) is -2.92. The molecule has 3 rings (SSSR count). The third-order valence-corrected chi connectivity index (χ3v) is 3.84. The van der Waals surface area contributed by atoms with Gasteiger partial charge in [0.2, 0.25) is 5.95 Å². The van der Waals surface area contributed by atoms with E-state index in [1.165, 1.54) is 6.20 Å².